The van der Waals surface area contributed by atoms with Crippen molar-refractivity contribution in [2.75, 3.05) is 0 Å². The molecule has 3 atom stereocenters. The van der Waals surface area contributed by atoms with Crippen molar-refractivity contribution in [3.05, 3.63) is 0 Å². The van der Waals surface area contributed by atoms with Crippen molar-refractivity contribution < 1.29 is 4.79 Å². The average molecular weight is 239 g/mol. The predicted octanol–water partition coefficient (Wildman–Crippen LogP) is 3.39. The van der Waals surface area contributed by atoms with Crippen LogP contribution in [0.3, 0.4) is 0 Å². The van der Waals surface area contributed by atoms with Crippen molar-refractivity contribution in [3.63, 3.8) is 0 Å². The summed E-state index contributed by atoms with van der Waals surface area (Å²) in [6.07, 6.45) is 3.27. The summed E-state index contributed by atoms with van der Waals surface area (Å²) < 4.78 is 0. The van der Waals surface area contributed by atoms with Crippen molar-refractivity contribution >= 4 is 5.78 Å². The molecule has 0 spiro atoms. The highest BCUT2D eigenvalue weighted by Gasteiger charge is 2.44. The maximum Gasteiger partial charge on any atom is 0.143 e. The summed E-state index contributed by atoms with van der Waals surface area (Å²) in [7, 11) is 0. The predicted molar refractivity (Wildman–Crippen MR) is 72.7 cm³/mol. The number of carbonyl (C=O) groups is 1. The zero-order chi connectivity index (χ0) is 13.4. The van der Waals surface area contributed by atoms with Crippen molar-refractivity contribution in [1.29, 1.82) is 0 Å². The van der Waals surface area contributed by atoms with E-state index in [2.05, 4.69) is 13.8 Å². The van der Waals surface area contributed by atoms with Crippen molar-refractivity contribution in [3.8, 4) is 0 Å². The Labute approximate surface area is 106 Å². The molecule has 1 rings (SSSR count). The van der Waals surface area contributed by atoms with E-state index >= 15 is 0 Å². The molecule has 0 heterocycles. The summed E-state index contributed by atoms with van der Waals surface area (Å²) >= 11 is 0. The van der Waals surface area contributed by atoms with Crippen LogP contribution in [-0.4, -0.2) is 11.3 Å². The van der Waals surface area contributed by atoms with E-state index in [0.29, 0.717) is 11.7 Å². The van der Waals surface area contributed by atoms with Crippen molar-refractivity contribution in [2.45, 2.75) is 66.3 Å². The van der Waals surface area contributed by atoms with E-state index in [9.17, 15) is 4.79 Å². The van der Waals surface area contributed by atoms with Crippen LogP contribution in [0.2, 0.25) is 0 Å². The number of ketones is 1. The summed E-state index contributed by atoms with van der Waals surface area (Å²) in [5.74, 6) is 2.00. The zero-order valence-electron chi connectivity index (χ0n) is 12.3. The molecule has 0 saturated heterocycles. The lowest BCUT2D eigenvalue weighted by Crippen LogP contribution is -2.54. The van der Waals surface area contributed by atoms with Crippen LogP contribution in [0, 0.1) is 23.2 Å². The van der Waals surface area contributed by atoms with Crippen LogP contribution in [0.5, 0.6) is 0 Å². The minimum absolute atomic E-state index is 0.221. The van der Waals surface area contributed by atoms with Gasteiger partial charge in [0.15, 0.2) is 0 Å². The van der Waals surface area contributed by atoms with Gasteiger partial charge < -0.3 is 5.73 Å². The normalized spacial score (nSPS) is 31.4. The van der Waals surface area contributed by atoms with E-state index in [1.165, 1.54) is 6.42 Å². The minimum Gasteiger partial charge on any atom is -0.325 e. The molecule has 2 heteroatoms. The Morgan fingerprint density at radius 3 is 2.00 bits per heavy atom. The fourth-order valence-corrected chi connectivity index (χ4v) is 2.61. The summed E-state index contributed by atoms with van der Waals surface area (Å²) in [5.41, 5.74) is 5.28. The van der Waals surface area contributed by atoms with Gasteiger partial charge in [0.05, 0.1) is 0 Å². The number of hydrogen-bond acceptors (Lipinski definition) is 2. The van der Waals surface area contributed by atoms with Crippen LogP contribution in [0.4, 0.5) is 0 Å². The molecule has 0 aliphatic heterocycles. The van der Waals surface area contributed by atoms with Crippen LogP contribution < -0.4 is 5.73 Å². The first-order chi connectivity index (χ1) is 7.57. The largest absolute Gasteiger partial charge is 0.325 e. The Balaban J connectivity index is 2.78. The van der Waals surface area contributed by atoms with Crippen LogP contribution in [0.15, 0.2) is 0 Å². The molecule has 1 saturated carbocycles. The highest BCUT2D eigenvalue weighted by molar-refractivity contribution is 5.87. The van der Waals surface area contributed by atoms with Crippen LogP contribution in [0.25, 0.3) is 0 Å². The monoisotopic (exact) mass is 239 g/mol. The van der Waals surface area contributed by atoms with Gasteiger partial charge in [-0.3, -0.25) is 4.79 Å². The van der Waals surface area contributed by atoms with Gasteiger partial charge in [-0.05, 0) is 44.9 Å². The average Bonchev–Trinajstić information content (AvgIpc) is 2.19. The molecular formula is C15H29NO. The Kier molecular flexibility index (Phi) is 4.08. The molecule has 0 amide bonds. The van der Waals surface area contributed by atoms with Gasteiger partial charge >= 0.3 is 0 Å². The second-order valence-electron chi connectivity index (χ2n) is 7.18. The molecule has 17 heavy (non-hydrogen) atoms. The van der Waals surface area contributed by atoms with E-state index in [1.54, 1.807) is 0 Å². The standard InChI is InChI=1S/C15H29NO/c1-10-7-8-12(9-11(10)2)13(17)14(3,4)15(5,6)16/h10-12H,7-9,16H2,1-6H3. The fraction of sp³-hybridized carbons (Fsp3) is 0.933. The van der Waals surface area contributed by atoms with Gasteiger partial charge in [-0.2, -0.15) is 0 Å². The quantitative estimate of drug-likeness (QED) is 0.820. The first kappa shape index (κ1) is 14.7. The Morgan fingerprint density at radius 1 is 1.06 bits per heavy atom. The second-order valence-corrected chi connectivity index (χ2v) is 7.18. The minimum atomic E-state index is -0.448. The maximum absolute atomic E-state index is 12.6. The number of rotatable bonds is 3. The molecule has 0 aromatic carbocycles. The Bertz CT molecular complexity index is 288. The molecule has 1 aliphatic carbocycles. The van der Waals surface area contributed by atoms with Gasteiger partial charge in [-0.25, -0.2) is 0 Å². The molecule has 1 aliphatic rings. The third-order valence-electron chi connectivity index (χ3n) is 5.20. The summed E-state index contributed by atoms with van der Waals surface area (Å²) in [6.45, 7) is 12.5. The van der Waals surface area contributed by atoms with Gasteiger partial charge in [0.2, 0.25) is 0 Å². The molecular weight excluding hydrogens is 210 g/mol. The van der Waals surface area contributed by atoms with E-state index in [-0.39, 0.29) is 5.92 Å². The number of nitrogens with two attached hydrogens (primary N) is 1. The van der Waals surface area contributed by atoms with Gasteiger partial charge in [0.1, 0.15) is 5.78 Å². The van der Waals surface area contributed by atoms with Gasteiger partial charge in [0.25, 0.3) is 0 Å². The SMILES string of the molecule is CC1CCC(C(=O)C(C)(C)C(C)(C)N)CC1C. The number of carbonyl (C=O) groups excluding carboxylic acids is 1. The van der Waals surface area contributed by atoms with E-state index in [1.807, 2.05) is 27.7 Å². The maximum atomic E-state index is 12.6. The van der Waals surface area contributed by atoms with Crippen LogP contribution in [-0.2, 0) is 4.79 Å². The van der Waals surface area contributed by atoms with E-state index < -0.39 is 11.0 Å². The lowest BCUT2D eigenvalue weighted by Gasteiger charge is -2.42. The third kappa shape index (κ3) is 2.90. The molecule has 0 aromatic heterocycles. The Hall–Kier alpha value is -0.370. The molecule has 0 radical (unpaired) electrons. The molecule has 0 bridgehead atoms. The molecule has 0 aromatic rings. The molecule has 3 unspecified atom stereocenters. The Morgan fingerprint density at radius 2 is 1.59 bits per heavy atom. The third-order valence-corrected chi connectivity index (χ3v) is 5.20. The van der Waals surface area contributed by atoms with Gasteiger partial charge in [-0.15, -0.1) is 0 Å². The van der Waals surface area contributed by atoms with Crippen LogP contribution in [0.1, 0.15) is 60.8 Å². The lowest BCUT2D eigenvalue weighted by atomic mass is 9.64. The second kappa shape index (κ2) is 4.72. The van der Waals surface area contributed by atoms with E-state index in [4.69, 9.17) is 5.73 Å². The molecule has 100 valence electrons. The van der Waals surface area contributed by atoms with Gasteiger partial charge in [-0.1, -0.05) is 27.7 Å². The van der Waals surface area contributed by atoms with E-state index in [0.717, 1.165) is 18.8 Å². The van der Waals surface area contributed by atoms with Crippen molar-refractivity contribution in [2.24, 2.45) is 28.9 Å². The van der Waals surface area contributed by atoms with Crippen LogP contribution >= 0.6 is 0 Å². The molecule has 1 fully saturated rings. The first-order valence-corrected chi connectivity index (χ1v) is 6.90. The molecule has 2 nitrogen and oxygen atoms in total. The highest BCUT2D eigenvalue weighted by atomic mass is 16.1. The zero-order valence-corrected chi connectivity index (χ0v) is 12.3. The topological polar surface area (TPSA) is 43.1 Å². The summed E-state index contributed by atoms with van der Waals surface area (Å²) in [5, 5.41) is 0. The summed E-state index contributed by atoms with van der Waals surface area (Å²) in [4.78, 5) is 12.6. The molecule has 2 N–H and O–H groups in total. The first-order valence-electron chi connectivity index (χ1n) is 6.90. The smallest absolute Gasteiger partial charge is 0.143 e. The fourth-order valence-electron chi connectivity index (χ4n) is 2.61. The summed E-state index contributed by atoms with van der Waals surface area (Å²) in [6, 6.07) is 0. The lowest BCUT2D eigenvalue weighted by molar-refractivity contribution is -0.136. The highest BCUT2D eigenvalue weighted by Crippen LogP contribution is 2.40. The van der Waals surface area contributed by atoms with Gasteiger partial charge in [0, 0.05) is 16.9 Å². The number of Topliss-reactive ketones (excluding diaryl/α,β-unsaturated/α-hetero) is 1. The number of hydrogen-bond donors (Lipinski definition) is 1. The van der Waals surface area contributed by atoms with Crippen molar-refractivity contribution in [1.82, 2.24) is 0 Å².